The summed E-state index contributed by atoms with van der Waals surface area (Å²) in [5, 5.41) is 8.97. The average Bonchev–Trinajstić information content (AvgIpc) is 2.68. The van der Waals surface area contributed by atoms with E-state index in [-0.39, 0.29) is 18.4 Å². The summed E-state index contributed by atoms with van der Waals surface area (Å²) < 4.78 is 5.44. The molecule has 0 spiro atoms. The van der Waals surface area contributed by atoms with Gasteiger partial charge in [0.15, 0.2) is 0 Å². The number of hydrogen-bond acceptors (Lipinski definition) is 3. The highest BCUT2D eigenvalue weighted by atomic mass is 35.5. The van der Waals surface area contributed by atoms with Crippen molar-refractivity contribution >= 4 is 24.1 Å². The van der Waals surface area contributed by atoms with Gasteiger partial charge in [-0.05, 0) is 19.1 Å². The summed E-state index contributed by atoms with van der Waals surface area (Å²) in [6, 6.07) is 7.56. The van der Waals surface area contributed by atoms with E-state index in [9.17, 15) is 4.79 Å². The summed E-state index contributed by atoms with van der Waals surface area (Å²) >= 11 is 0. The molecule has 112 valence electrons. The zero-order valence-electron chi connectivity index (χ0n) is 11.6. The van der Waals surface area contributed by atoms with Crippen molar-refractivity contribution in [2.75, 3.05) is 38.2 Å². The molecule has 1 aromatic carbocycles. The summed E-state index contributed by atoms with van der Waals surface area (Å²) in [7, 11) is 0. The molecule has 1 heterocycles. The van der Waals surface area contributed by atoms with Gasteiger partial charge in [-0.3, -0.25) is 0 Å². The molecule has 0 aliphatic carbocycles. The molecule has 2 amide bonds. The van der Waals surface area contributed by atoms with Gasteiger partial charge in [-0.15, -0.1) is 12.4 Å². The molecule has 1 aliphatic heterocycles. The van der Waals surface area contributed by atoms with Crippen molar-refractivity contribution in [3.63, 3.8) is 0 Å². The Labute approximate surface area is 125 Å². The summed E-state index contributed by atoms with van der Waals surface area (Å²) in [5.74, 6) is 0.325. The van der Waals surface area contributed by atoms with E-state index < -0.39 is 0 Å². The van der Waals surface area contributed by atoms with Crippen LogP contribution in [-0.2, 0) is 4.74 Å². The molecule has 6 heteroatoms. The number of halogens is 1. The summed E-state index contributed by atoms with van der Waals surface area (Å²) in [6.07, 6.45) is 0. The lowest BCUT2D eigenvalue weighted by Crippen LogP contribution is -2.37. The van der Waals surface area contributed by atoms with Crippen LogP contribution in [0.4, 0.5) is 10.5 Å². The Morgan fingerprint density at radius 2 is 2.15 bits per heavy atom. The minimum atomic E-state index is -0.173. The van der Waals surface area contributed by atoms with Gasteiger partial charge < -0.3 is 20.7 Å². The van der Waals surface area contributed by atoms with E-state index in [2.05, 4.69) is 16.0 Å². The molecule has 0 aromatic heterocycles. The molecule has 5 nitrogen and oxygen atoms in total. The topological polar surface area (TPSA) is 62.4 Å². The Balaban J connectivity index is 0.00000200. The van der Waals surface area contributed by atoms with Gasteiger partial charge in [-0.1, -0.05) is 17.7 Å². The van der Waals surface area contributed by atoms with Crippen molar-refractivity contribution in [1.82, 2.24) is 10.6 Å². The molecule has 1 atom stereocenters. The van der Waals surface area contributed by atoms with E-state index in [1.54, 1.807) is 0 Å². The summed E-state index contributed by atoms with van der Waals surface area (Å²) in [6.45, 7) is 5.83. The number of carbonyl (C=O) groups is 1. The van der Waals surface area contributed by atoms with Crippen LogP contribution in [0.1, 0.15) is 5.56 Å². The van der Waals surface area contributed by atoms with Gasteiger partial charge in [0.2, 0.25) is 0 Å². The number of nitrogens with one attached hydrogen (secondary N) is 3. The van der Waals surface area contributed by atoms with E-state index >= 15 is 0 Å². The number of ether oxygens (including phenoxy) is 1. The highest BCUT2D eigenvalue weighted by Crippen LogP contribution is 2.08. The number of hydrogen-bond donors (Lipinski definition) is 3. The first-order chi connectivity index (χ1) is 9.24. The number of urea groups is 1. The average molecular weight is 300 g/mol. The van der Waals surface area contributed by atoms with Crippen LogP contribution in [0.2, 0.25) is 0 Å². The normalized spacial score (nSPS) is 18.6. The first kappa shape index (κ1) is 16.8. The zero-order chi connectivity index (χ0) is 13.5. The molecule has 1 saturated heterocycles. The second-order valence-electron chi connectivity index (χ2n) is 4.85. The van der Waals surface area contributed by atoms with Crippen LogP contribution in [0.25, 0.3) is 0 Å². The first-order valence-electron chi connectivity index (χ1n) is 6.64. The molecule has 1 fully saturated rings. The molecule has 20 heavy (non-hydrogen) atoms. The van der Waals surface area contributed by atoms with Crippen molar-refractivity contribution in [3.05, 3.63) is 29.8 Å². The number of carbonyl (C=O) groups excluding carboxylic acids is 1. The molecule has 3 N–H and O–H groups in total. The van der Waals surface area contributed by atoms with Crippen LogP contribution < -0.4 is 16.0 Å². The quantitative estimate of drug-likeness (QED) is 0.797. The maximum absolute atomic E-state index is 11.7. The number of anilines is 1. The SMILES string of the molecule is Cc1ccc(NC(=O)NCC2CNCCOC2)cc1.Cl. The van der Waals surface area contributed by atoms with Gasteiger partial charge in [-0.2, -0.15) is 0 Å². The van der Waals surface area contributed by atoms with Crippen LogP contribution >= 0.6 is 12.4 Å². The largest absolute Gasteiger partial charge is 0.380 e. The fraction of sp³-hybridized carbons (Fsp3) is 0.500. The van der Waals surface area contributed by atoms with Gasteiger partial charge in [-0.25, -0.2) is 4.79 Å². The lowest BCUT2D eigenvalue weighted by atomic mass is 10.1. The van der Waals surface area contributed by atoms with Crippen molar-refractivity contribution in [2.45, 2.75) is 6.92 Å². The third-order valence-electron chi connectivity index (χ3n) is 3.07. The van der Waals surface area contributed by atoms with Crippen LogP contribution in [0.3, 0.4) is 0 Å². The van der Waals surface area contributed by atoms with Crippen molar-refractivity contribution in [2.24, 2.45) is 5.92 Å². The van der Waals surface area contributed by atoms with Crippen LogP contribution in [-0.4, -0.2) is 38.9 Å². The standard InChI is InChI=1S/C14H21N3O2.ClH/c1-11-2-4-13(5-3-11)17-14(18)16-9-12-8-15-6-7-19-10-12;/h2-5,12,15H,6-10H2,1H3,(H2,16,17,18);1H. The fourth-order valence-corrected chi connectivity index (χ4v) is 1.94. The number of amides is 2. The van der Waals surface area contributed by atoms with E-state index in [0.717, 1.165) is 25.4 Å². The summed E-state index contributed by atoms with van der Waals surface area (Å²) in [5.41, 5.74) is 1.98. The first-order valence-corrected chi connectivity index (χ1v) is 6.64. The molecular weight excluding hydrogens is 278 g/mol. The zero-order valence-corrected chi connectivity index (χ0v) is 12.5. The van der Waals surface area contributed by atoms with E-state index in [1.165, 1.54) is 5.56 Å². The molecule has 0 saturated carbocycles. The lowest BCUT2D eigenvalue weighted by Gasteiger charge is -2.15. The Bertz CT molecular complexity index is 403. The van der Waals surface area contributed by atoms with Crippen molar-refractivity contribution in [3.8, 4) is 0 Å². The van der Waals surface area contributed by atoms with Gasteiger partial charge in [0.1, 0.15) is 0 Å². The Kier molecular flexibility index (Phi) is 7.36. The molecular formula is C14H22ClN3O2. The van der Waals surface area contributed by atoms with Gasteiger partial charge in [0, 0.05) is 31.2 Å². The molecule has 0 radical (unpaired) electrons. The minimum Gasteiger partial charge on any atom is -0.380 e. The van der Waals surface area contributed by atoms with Gasteiger partial charge in [0.05, 0.1) is 13.2 Å². The lowest BCUT2D eigenvalue weighted by molar-refractivity contribution is 0.123. The van der Waals surface area contributed by atoms with Crippen LogP contribution in [0.15, 0.2) is 24.3 Å². The molecule has 2 rings (SSSR count). The van der Waals surface area contributed by atoms with E-state index in [1.807, 2.05) is 31.2 Å². The third kappa shape index (κ3) is 5.77. The fourth-order valence-electron chi connectivity index (χ4n) is 1.94. The summed E-state index contributed by atoms with van der Waals surface area (Å²) in [4.78, 5) is 11.7. The Hall–Kier alpha value is -1.30. The predicted octanol–water partition coefficient (Wildman–Crippen LogP) is 1.77. The molecule has 1 unspecified atom stereocenters. The number of benzene rings is 1. The maximum atomic E-state index is 11.7. The Morgan fingerprint density at radius 1 is 1.40 bits per heavy atom. The molecule has 1 aromatic rings. The van der Waals surface area contributed by atoms with Crippen LogP contribution in [0, 0.1) is 12.8 Å². The number of rotatable bonds is 3. The van der Waals surface area contributed by atoms with Gasteiger partial charge >= 0.3 is 6.03 Å². The number of aryl methyl sites for hydroxylation is 1. The highest BCUT2D eigenvalue weighted by molar-refractivity contribution is 5.89. The van der Waals surface area contributed by atoms with Crippen molar-refractivity contribution < 1.29 is 9.53 Å². The van der Waals surface area contributed by atoms with Gasteiger partial charge in [0.25, 0.3) is 0 Å². The van der Waals surface area contributed by atoms with E-state index in [0.29, 0.717) is 19.1 Å². The van der Waals surface area contributed by atoms with Crippen molar-refractivity contribution in [1.29, 1.82) is 0 Å². The predicted molar refractivity (Wildman–Crippen MR) is 82.6 cm³/mol. The third-order valence-corrected chi connectivity index (χ3v) is 3.07. The Morgan fingerprint density at radius 3 is 2.90 bits per heavy atom. The maximum Gasteiger partial charge on any atom is 0.319 e. The smallest absolute Gasteiger partial charge is 0.319 e. The second kappa shape index (κ2) is 8.79. The molecule has 0 bridgehead atoms. The van der Waals surface area contributed by atoms with E-state index in [4.69, 9.17) is 4.74 Å². The van der Waals surface area contributed by atoms with Crippen LogP contribution in [0.5, 0.6) is 0 Å². The second-order valence-corrected chi connectivity index (χ2v) is 4.85. The molecule has 1 aliphatic rings. The monoisotopic (exact) mass is 299 g/mol. The minimum absolute atomic E-state index is 0. The highest BCUT2D eigenvalue weighted by Gasteiger charge is 2.13.